The van der Waals surface area contributed by atoms with Crippen LogP contribution in [0, 0.1) is 6.92 Å². The lowest BCUT2D eigenvalue weighted by molar-refractivity contribution is 0.0784. The third kappa shape index (κ3) is 2.91. The van der Waals surface area contributed by atoms with Gasteiger partial charge in [0.15, 0.2) is 0 Å². The van der Waals surface area contributed by atoms with E-state index in [1.54, 1.807) is 41.5 Å². The molecule has 1 amide bonds. The molecule has 5 nitrogen and oxygen atoms in total. The van der Waals surface area contributed by atoms with Crippen molar-refractivity contribution in [1.82, 2.24) is 9.88 Å². The molecular formula is C14H17N3O2S. The second-order valence-electron chi connectivity index (χ2n) is 4.44. The van der Waals surface area contributed by atoms with Gasteiger partial charge in [0.25, 0.3) is 5.91 Å². The molecule has 0 saturated carbocycles. The first kappa shape index (κ1) is 14.3. The number of hydrogen-bond acceptors (Lipinski definition) is 5. The summed E-state index contributed by atoms with van der Waals surface area (Å²) in [5, 5.41) is 2.94. The fourth-order valence-corrected chi connectivity index (χ4v) is 2.51. The molecule has 2 N–H and O–H groups in total. The van der Waals surface area contributed by atoms with E-state index < -0.39 is 0 Å². The molecule has 0 fully saturated rings. The molecule has 6 heteroatoms. The number of amides is 1. The van der Waals surface area contributed by atoms with E-state index in [1.807, 2.05) is 12.3 Å². The lowest BCUT2D eigenvalue weighted by atomic mass is 10.1. The first-order valence-electron chi connectivity index (χ1n) is 6.12. The van der Waals surface area contributed by atoms with Crippen molar-refractivity contribution in [3.63, 3.8) is 0 Å². The summed E-state index contributed by atoms with van der Waals surface area (Å²) in [7, 11) is 3.26. The quantitative estimate of drug-likeness (QED) is 0.878. The minimum absolute atomic E-state index is 0.146. The Kier molecular flexibility index (Phi) is 4.24. The number of ether oxygens (including phenoxy) is 1. The molecule has 2 rings (SSSR count). The maximum atomic E-state index is 12.4. The van der Waals surface area contributed by atoms with Gasteiger partial charge in [0.2, 0.25) is 0 Å². The van der Waals surface area contributed by atoms with Gasteiger partial charge in [0.05, 0.1) is 35.6 Å². The summed E-state index contributed by atoms with van der Waals surface area (Å²) < 4.78 is 5.13. The van der Waals surface area contributed by atoms with Crippen LogP contribution in [0.1, 0.15) is 21.1 Å². The third-order valence-corrected chi connectivity index (χ3v) is 3.75. The van der Waals surface area contributed by atoms with E-state index in [0.717, 1.165) is 10.7 Å². The zero-order valence-electron chi connectivity index (χ0n) is 11.7. The van der Waals surface area contributed by atoms with Crippen molar-refractivity contribution >= 4 is 22.9 Å². The molecule has 0 radical (unpaired) electrons. The summed E-state index contributed by atoms with van der Waals surface area (Å²) >= 11 is 1.57. The molecule has 0 spiro atoms. The van der Waals surface area contributed by atoms with Crippen LogP contribution in [-0.2, 0) is 6.54 Å². The number of anilines is 1. The SMILES string of the molecule is COc1cccc(C(=O)N(C)Cc2csc(C)n2)c1N. The molecule has 20 heavy (non-hydrogen) atoms. The van der Waals surface area contributed by atoms with Crippen LogP contribution in [0.4, 0.5) is 5.69 Å². The number of aryl methyl sites for hydroxylation is 1. The third-order valence-electron chi connectivity index (χ3n) is 2.93. The Bertz CT molecular complexity index is 625. The normalized spacial score (nSPS) is 10.3. The topological polar surface area (TPSA) is 68.5 Å². The molecule has 0 saturated heterocycles. The molecule has 1 aromatic carbocycles. The largest absolute Gasteiger partial charge is 0.495 e. The molecule has 2 aromatic rings. The Morgan fingerprint density at radius 2 is 2.25 bits per heavy atom. The molecule has 0 aliphatic carbocycles. The maximum absolute atomic E-state index is 12.4. The summed E-state index contributed by atoms with van der Waals surface area (Å²) in [6.45, 7) is 2.40. The van der Waals surface area contributed by atoms with E-state index >= 15 is 0 Å². The van der Waals surface area contributed by atoms with Crippen LogP contribution < -0.4 is 10.5 Å². The van der Waals surface area contributed by atoms with Gasteiger partial charge in [0.1, 0.15) is 5.75 Å². The van der Waals surface area contributed by atoms with Crippen molar-refractivity contribution in [1.29, 1.82) is 0 Å². The number of nitrogens with zero attached hydrogens (tertiary/aromatic N) is 2. The van der Waals surface area contributed by atoms with Crippen molar-refractivity contribution in [3.05, 3.63) is 39.8 Å². The number of nitrogen functional groups attached to an aromatic ring is 1. The molecule has 0 bridgehead atoms. The van der Waals surface area contributed by atoms with Crippen molar-refractivity contribution in [3.8, 4) is 5.75 Å². The van der Waals surface area contributed by atoms with Gasteiger partial charge >= 0.3 is 0 Å². The average Bonchev–Trinajstić information content (AvgIpc) is 2.83. The van der Waals surface area contributed by atoms with Gasteiger partial charge < -0.3 is 15.4 Å². The number of hydrogen-bond donors (Lipinski definition) is 1. The predicted octanol–water partition coefficient (Wildman–Crippen LogP) is 2.31. The van der Waals surface area contributed by atoms with E-state index in [0.29, 0.717) is 23.5 Å². The Balaban J connectivity index is 2.18. The average molecular weight is 291 g/mol. The van der Waals surface area contributed by atoms with Crippen LogP contribution in [0.25, 0.3) is 0 Å². The Morgan fingerprint density at radius 3 is 2.85 bits per heavy atom. The first-order chi connectivity index (χ1) is 9.52. The summed E-state index contributed by atoms with van der Waals surface area (Å²) in [5.74, 6) is 0.362. The van der Waals surface area contributed by atoms with Crippen LogP contribution in [0.2, 0.25) is 0 Å². The van der Waals surface area contributed by atoms with Gasteiger partial charge in [-0.25, -0.2) is 4.98 Å². The van der Waals surface area contributed by atoms with Gasteiger partial charge in [-0.15, -0.1) is 11.3 Å². The predicted molar refractivity (Wildman–Crippen MR) is 80.1 cm³/mol. The van der Waals surface area contributed by atoms with Gasteiger partial charge in [-0.2, -0.15) is 0 Å². The highest BCUT2D eigenvalue weighted by Gasteiger charge is 2.17. The highest BCUT2D eigenvalue weighted by Crippen LogP contribution is 2.26. The fraction of sp³-hybridized carbons (Fsp3) is 0.286. The molecule has 0 aliphatic rings. The number of para-hydroxylation sites is 1. The lowest BCUT2D eigenvalue weighted by Crippen LogP contribution is -2.27. The number of nitrogens with two attached hydrogens (primary N) is 1. The van der Waals surface area contributed by atoms with Crippen molar-refractivity contribution in [2.45, 2.75) is 13.5 Å². The highest BCUT2D eigenvalue weighted by molar-refractivity contribution is 7.09. The van der Waals surface area contributed by atoms with Crippen LogP contribution in [0.3, 0.4) is 0 Å². The standard InChI is InChI=1S/C14H17N3O2S/c1-9-16-10(8-20-9)7-17(2)14(18)11-5-4-6-12(19-3)13(11)15/h4-6,8H,7,15H2,1-3H3. The first-order valence-corrected chi connectivity index (χ1v) is 7.00. The minimum Gasteiger partial charge on any atom is -0.495 e. The van der Waals surface area contributed by atoms with Crippen molar-refractivity contribution in [2.24, 2.45) is 0 Å². The summed E-state index contributed by atoms with van der Waals surface area (Å²) in [5.41, 5.74) is 7.63. The van der Waals surface area contributed by atoms with Crippen LogP contribution in [0.15, 0.2) is 23.6 Å². The maximum Gasteiger partial charge on any atom is 0.256 e. The molecule has 106 valence electrons. The summed E-state index contributed by atoms with van der Waals surface area (Å²) in [6, 6.07) is 5.18. The monoisotopic (exact) mass is 291 g/mol. The molecule has 1 aromatic heterocycles. The van der Waals surface area contributed by atoms with Crippen molar-refractivity contribution in [2.75, 3.05) is 19.9 Å². The smallest absolute Gasteiger partial charge is 0.256 e. The molecular weight excluding hydrogens is 274 g/mol. The van der Waals surface area contributed by atoms with Crippen LogP contribution in [-0.4, -0.2) is 29.9 Å². The highest BCUT2D eigenvalue weighted by atomic mass is 32.1. The van der Waals surface area contributed by atoms with E-state index in [9.17, 15) is 4.79 Å². The Hall–Kier alpha value is -2.08. The lowest BCUT2D eigenvalue weighted by Gasteiger charge is -2.18. The van der Waals surface area contributed by atoms with Gasteiger partial charge in [0, 0.05) is 12.4 Å². The number of carbonyl (C=O) groups excluding carboxylic acids is 1. The molecule has 1 heterocycles. The van der Waals surface area contributed by atoms with Crippen LogP contribution in [0.5, 0.6) is 5.75 Å². The minimum atomic E-state index is -0.146. The number of rotatable bonds is 4. The number of benzene rings is 1. The number of carbonyl (C=O) groups is 1. The Morgan fingerprint density at radius 1 is 1.50 bits per heavy atom. The number of thiazole rings is 1. The summed E-state index contributed by atoms with van der Waals surface area (Å²) in [6.07, 6.45) is 0. The van der Waals surface area contributed by atoms with Crippen LogP contribution >= 0.6 is 11.3 Å². The second kappa shape index (κ2) is 5.92. The molecule has 0 unspecified atom stereocenters. The second-order valence-corrected chi connectivity index (χ2v) is 5.50. The molecule has 0 atom stereocenters. The van der Waals surface area contributed by atoms with E-state index in [-0.39, 0.29) is 5.91 Å². The number of aromatic nitrogens is 1. The fourth-order valence-electron chi connectivity index (χ4n) is 1.91. The zero-order valence-corrected chi connectivity index (χ0v) is 12.5. The van der Waals surface area contributed by atoms with E-state index in [4.69, 9.17) is 10.5 Å². The van der Waals surface area contributed by atoms with Gasteiger partial charge in [-0.3, -0.25) is 4.79 Å². The van der Waals surface area contributed by atoms with E-state index in [1.165, 1.54) is 7.11 Å². The molecule has 0 aliphatic heterocycles. The summed E-state index contributed by atoms with van der Waals surface area (Å²) in [4.78, 5) is 18.4. The zero-order chi connectivity index (χ0) is 14.7. The Labute approximate surface area is 122 Å². The van der Waals surface area contributed by atoms with Crippen molar-refractivity contribution < 1.29 is 9.53 Å². The van der Waals surface area contributed by atoms with Gasteiger partial charge in [-0.05, 0) is 19.1 Å². The number of methoxy groups -OCH3 is 1. The van der Waals surface area contributed by atoms with E-state index in [2.05, 4.69) is 4.98 Å². The van der Waals surface area contributed by atoms with Gasteiger partial charge in [-0.1, -0.05) is 6.07 Å².